The lowest BCUT2D eigenvalue weighted by Gasteiger charge is -2.28. The first-order chi connectivity index (χ1) is 7.56. The van der Waals surface area contributed by atoms with Gasteiger partial charge < -0.3 is 10.0 Å². The van der Waals surface area contributed by atoms with Crippen molar-refractivity contribution in [2.24, 2.45) is 11.8 Å². The number of carboxylic acid groups (broad SMARTS) is 1. The molecule has 1 aliphatic carbocycles. The number of hydrogen-bond acceptors (Lipinski definition) is 2. The van der Waals surface area contributed by atoms with Gasteiger partial charge in [0.05, 0.1) is 12.5 Å². The summed E-state index contributed by atoms with van der Waals surface area (Å²) in [6, 6.07) is 0. The van der Waals surface area contributed by atoms with Gasteiger partial charge in [0.1, 0.15) is 0 Å². The molecular weight excluding hydrogens is 206 g/mol. The molecule has 0 saturated heterocycles. The molecule has 0 aromatic rings. The third-order valence-electron chi connectivity index (χ3n) is 3.08. The van der Waals surface area contributed by atoms with Crippen molar-refractivity contribution < 1.29 is 14.7 Å². The zero-order valence-corrected chi connectivity index (χ0v) is 9.48. The van der Waals surface area contributed by atoms with Crippen LogP contribution in [0.2, 0.25) is 0 Å². The van der Waals surface area contributed by atoms with Crippen molar-refractivity contribution in [1.82, 2.24) is 4.90 Å². The predicted molar refractivity (Wildman–Crippen MR) is 59.6 cm³/mol. The van der Waals surface area contributed by atoms with Gasteiger partial charge in [0, 0.05) is 13.0 Å². The molecule has 0 radical (unpaired) electrons. The normalized spacial score (nSPS) is 24.5. The predicted octanol–water partition coefficient (Wildman–Crippen LogP) is 0.969. The second-order valence-electron chi connectivity index (χ2n) is 4.30. The molecule has 0 spiro atoms. The van der Waals surface area contributed by atoms with Crippen LogP contribution in [0.15, 0.2) is 0 Å². The number of amides is 1. The standard InChI is InChI=1S/C12H17NO3/c1-3-7-13(2)11(14)9-5-4-6-10(8-9)12(15)16/h1,9-10H,4-8H2,2H3,(H,15,16). The summed E-state index contributed by atoms with van der Waals surface area (Å²) in [4.78, 5) is 24.2. The summed E-state index contributed by atoms with van der Waals surface area (Å²) in [5.74, 6) is 1.05. The van der Waals surface area contributed by atoms with Crippen LogP contribution < -0.4 is 0 Å². The van der Waals surface area contributed by atoms with Gasteiger partial charge in [0.15, 0.2) is 0 Å². The molecule has 0 aromatic heterocycles. The average molecular weight is 223 g/mol. The maximum absolute atomic E-state index is 11.9. The van der Waals surface area contributed by atoms with Crippen molar-refractivity contribution in [2.75, 3.05) is 13.6 Å². The van der Waals surface area contributed by atoms with Crippen molar-refractivity contribution in [1.29, 1.82) is 0 Å². The van der Waals surface area contributed by atoms with Gasteiger partial charge >= 0.3 is 5.97 Å². The van der Waals surface area contributed by atoms with Crippen LogP contribution in [-0.4, -0.2) is 35.5 Å². The zero-order chi connectivity index (χ0) is 12.1. The topological polar surface area (TPSA) is 57.6 Å². The highest BCUT2D eigenvalue weighted by atomic mass is 16.4. The highest BCUT2D eigenvalue weighted by molar-refractivity contribution is 5.80. The summed E-state index contributed by atoms with van der Waals surface area (Å²) in [6.07, 6.45) is 7.84. The van der Waals surface area contributed by atoms with E-state index in [-0.39, 0.29) is 24.3 Å². The number of carbonyl (C=O) groups is 2. The Balaban J connectivity index is 2.57. The molecule has 4 nitrogen and oxygen atoms in total. The number of hydrogen-bond donors (Lipinski definition) is 1. The second-order valence-corrected chi connectivity index (χ2v) is 4.30. The maximum atomic E-state index is 11.9. The monoisotopic (exact) mass is 223 g/mol. The van der Waals surface area contributed by atoms with E-state index in [0.717, 1.165) is 12.8 Å². The molecule has 0 aromatic carbocycles. The van der Waals surface area contributed by atoms with E-state index in [0.29, 0.717) is 12.8 Å². The van der Waals surface area contributed by atoms with E-state index in [2.05, 4.69) is 5.92 Å². The fourth-order valence-corrected chi connectivity index (χ4v) is 2.16. The first-order valence-electron chi connectivity index (χ1n) is 5.47. The number of carboxylic acids is 1. The molecule has 1 saturated carbocycles. The number of carbonyl (C=O) groups excluding carboxylic acids is 1. The van der Waals surface area contributed by atoms with Gasteiger partial charge in [-0.2, -0.15) is 0 Å². The largest absolute Gasteiger partial charge is 0.481 e. The van der Waals surface area contributed by atoms with Crippen LogP contribution >= 0.6 is 0 Å². The minimum atomic E-state index is -0.794. The molecule has 2 unspecified atom stereocenters. The molecule has 1 amide bonds. The number of nitrogens with zero attached hydrogens (tertiary/aromatic N) is 1. The Kier molecular flexibility index (Phi) is 4.36. The lowest BCUT2D eigenvalue weighted by Crippen LogP contribution is -2.37. The molecular formula is C12H17NO3. The van der Waals surface area contributed by atoms with E-state index in [9.17, 15) is 9.59 Å². The van der Waals surface area contributed by atoms with Gasteiger partial charge in [-0.3, -0.25) is 9.59 Å². The summed E-state index contributed by atoms with van der Waals surface area (Å²) in [6.45, 7) is 0.285. The van der Waals surface area contributed by atoms with Crippen molar-refractivity contribution in [3.8, 4) is 12.3 Å². The Morgan fingerprint density at radius 1 is 1.44 bits per heavy atom. The Morgan fingerprint density at radius 2 is 2.06 bits per heavy atom. The fourth-order valence-electron chi connectivity index (χ4n) is 2.16. The smallest absolute Gasteiger partial charge is 0.306 e. The SMILES string of the molecule is C#CCN(C)C(=O)C1CCCC(C(=O)O)C1. The van der Waals surface area contributed by atoms with E-state index in [1.807, 2.05) is 0 Å². The van der Waals surface area contributed by atoms with Gasteiger partial charge in [0.25, 0.3) is 0 Å². The lowest BCUT2D eigenvalue weighted by molar-refractivity contribution is -0.145. The first-order valence-corrected chi connectivity index (χ1v) is 5.47. The molecule has 2 atom stereocenters. The van der Waals surface area contributed by atoms with E-state index in [1.165, 1.54) is 4.90 Å². The summed E-state index contributed by atoms with van der Waals surface area (Å²) in [5, 5.41) is 8.92. The minimum Gasteiger partial charge on any atom is -0.481 e. The van der Waals surface area contributed by atoms with Crippen LogP contribution in [0.5, 0.6) is 0 Å². The summed E-state index contributed by atoms with van der Waals surface area (Å²) < 4.78 is 0. The third-order valence-corrected chi connectivity index (χ3v) is 3.08. The maximum Gasteiger partial charge on any atom is 0.306 e. The highest BCUT2D eigenvalue weighted by Gasteiger charge is 2.32. The molecule has 16 heavy (non-hydrogen) atoms. The van der Waals surface area contributed by atoms with E-state index in [4.69, 9.17) is 11.5 Å². The van der Waals surface area contributed by atoms with Crippen LogP contribution in [0, 0.1) is 24.2 Å². The Labute approximate surface area is 95.6 Å². The van der Waals surface area contributed by atoms with Crippen LogP contribution in [0.1, 0.15) is 25.7 Å². The van der Waals surface area contributed by atoms with Crippen LogP contribution in [-0.2, 0) is 9.59 Å². The summed E-state index contributed by atoms with van der Waals surface area (Å²) in [7, 11) is 1.66. The van der Waals surface area contributed by atoms with Crippen molar-refractivity contribution in [3.63, 3.8) is 0 Å². The van der Waals surface area contributed by atoms with Gasteiger partial charge in [0.2, 0.25) is 5.91 Å². The molecule has 88 valence electrons. The lowest BCUT2D eigenvalue weighted by atomic mass is 9.81. The second kappa shape index (κ2) is 5.55. The molecule has 0 aliphatic heterocycles. The third kappa shape index (κ3) is 2.99. The van der Waals surface area contributed by atoms with Gasteiger partial charge in [-0.1, -0.05) is 12.3 Å². The van der Waals surface area contributed by atoms with Gasteiger partial charge in [-0.05, 0) is 19.3 Å². The van der Waals surface area contributed by atoms with E-state index >= 15 is 0 Å². The first kappa shape index (κ1) is 12.6. The Morgan fingerprint density at radius 3 is 2.62 bits per heavy atom. The number of aliphatic carboxylic acids is 1. The highest BCUT2D eigenvalue weighted by Crippen LogP contribution is 2.30. The quantitative estimate of drug-likeness (QED) is 0.725. The molecule has 0 bridgehead atoms. The van der Waals surface area contributed by atoms with Crippen molar-refractivity contribution in [3.05, 3.63) is 0 Å². The Bertz CT molecular complexity index is 319. The minimum absolute atomic E-state index is 0.0242. The van der Waals surface area contributed by atoms with Gasteiger partial charge in [-0.15, -0.1) is 6.42 Å². The molecule has 1 fully saturated rings. The summed E-state index contributed by atoms with van der Waals surface area (Å²) in [5.41, 5.74) is 0. The van der Waals surface area contributed by atoms with E-state index in [1.54, 1.807) is 7.05 Å². The molecule has 1 N–H and O–H groups in total. The zero-order valence-electron chi connectivity index (χ0n) is 9.48. The molecule has 1 rings (SSSR count). The average Bonchev–Trinajstić information content (AvgIpc) is 2.28. The molecule has 0 heterocycles. The summed E-state index contributed by atoms with van der Waals surface area (Å²) >= 11 is 0. The number of rotatable bonds is 3. The van der Waals surface area contributed by atoms with Crippen LogP contribution in [0.4, 0.5) is 0 Å². The van der Waals surface area contributed by atoms with Gasteiger partial charge in [-0.25, -0.2) is 0 Å². The Hall–Kier alpha value is -1.50. The molecule has 1 aliphatic rings. The van der Waals surface area contributed by atoms with E-state index < -0.39 is 5.97 Å². The van der Waals surface area contributed by atoms with Crippen LogP contribution in [0.25, 0.3) is 0 Å². The number of terminal acetylenes is 1. The molecule has 4 heteroatoms. The van der Waals surface area contributed by atoms with Crippen molar-refractivity contribution in [2.45, 2.75) is 25.7 Å². The van der Waals surface area contributed by atoms with Crippen LogP contribution in [0.3, 0.4) is 0 Å². The fraction of sp³-hybridized carbons (Fsp3) is 0.667. The van der Waals surface area contributed by atoms with Crippen molar-refractivity contribution >= 4 is 11.9 Å².